The summed E-state index contributed by atoms with van der Waals surface area (Å²) in [6.45, 7) is 8.89. The second kappa shape index (κ2) is 13.1. The molecule has 192 valence electrons. The summed E-state index contributed by atoms with van der Waals surface area (Å²) in [4.78, 5) is 60.4. The van der Waals surface area contributed by atoms with E-state index in [0.717, 1.165) is 0 Å². The van der Waals surface area contributed by atoms with Gasteiger partial charge in [0.25, 0.3) is 5.91 Å². The van der Waals surface area contributed by atoms with Crippen LogP contribution in [-0.2, 0) is 28.7 Å². The van der Waals surface area contributed by atoms with Gasteiger partial charge >= 0.3 is 12.1 Å². The Morgan fingerprint density at radius 1 is 0.743 bits per heavy atom. The van der Waals surface area contributed by atoms with E-state index in [2.05, 4.69) is 21.3 Å². The Hall–Kier alpha value is -3.89. The lowest BCUT2D eigenvalue weighted by Crippen LogP contribution is -2.44. The Labute approximate surface area is 205 Å². The lowest BCUT2D eigenvalue weighted by Gasteiger charge is -2.19. The molecule has 11 heteroatoms. The lowest BCUT2D eigenvalue weighted by atomic mass is 10.2. The molecule has 0 heterocycles. The summed E-state index contributed by atoms with van der Waals surface area (Å²) < 4.78 is 10.2. The largest absolute Gasteiger partial charge is 0.459 e. The molecule has 0 radical (unpaired) electrons. The zero-order valence-electron chi connectivity index (χ0n) is 20.9. The van der Waals surface area contributed by atoms with Gasteiger partial charge in [0, 0.05) is 0 Å². The molecule has 4 amide bonds. The smallest absolute Gasteiger partial charge is 0.408 e. The highest BCUT2D eigenvalue weighted by Gasteiger charge is 2.20. The standard InChI is InChI=1S/C24H34N4O7/c1-23(2,3)34-20(31)15-26-21(32)17(12-16-10-8-7-9-11-16)28-19(30)14-25-18(29)13-27-22(33)35-24(4,5)6/h7-12H,13-15H2,1-6H3,(H,25,29)(H,26,32)(H,27,33)(H,28,30)/b17-12-. The second-order valence-electron chi connectivity index (χ2n) is 9.42. The Morgan fingerprint density at radius 2 is 1.31 bits per heavy atom. The molecule has 0 atom stereocenters. The van der Waals surface area contributed by atoms with Crippen molar-refractivity contribution in [3.8, 4) is 0 Å². The minimum absolute atomic E-state index is 0.133. The molecule has 4 N–H and O–H groups in total. The summed E-state index contributed by atoms with van der Waals surface area (Å²) >= 11 is 0. The van der Waals surface area contributed by atoms with Crippen LogP contribution in [0.1, 0.15) is 47.1 Å². The molecule has 0 aliphatic rings. The highest BCUT2D eigenvalue weighted by Crippen LogP contribution is 2.08. The normalized spacial score (nSPS) is 11.7. The summed E-state index contributed by atoms with van der Waals surface area (Å²) in [7, 11) is 0. The maximum absolute atomic E-state index is 12.6. The molecule has 0 aliphatic carbocycles. The number of nitrogens with one attached hydrogen (secondary N) is 4. The molecule has 0 bridgehead atoms. The average molecular weight is 491 g/mol. The molecule has 0 saturated carbocycles. The molecule has 1 aromatic rings. The first kappa shape index (κ1) is 29.1. The Bertz CT molecular complexity index is 945. The number of carbonyl (C=O) groups excluding carboxylic acids is 5. The second-order valence-corrected chi connectivity index (χ2v) is 9.42. The number of esters is 1. The predicted molar refractivity (Wildman–Crippen MR) is 129 cm³/mol. The van der Waals surface area contributed by atoms with E-state index in [1.165, 1.54) is 6.08 Å². The fourth-order valence-electron chi connectivity index (χ4n) is 2.40. The molecule has 0 unspecified atom stereocenters. The van der Waals surface area contributed by atoms with Crippen molar-refractivity contribution in [1.82, 2.24) is 21.3 Å². The summed E-state index contributed by atoms with van der Waals surface area (Å²) in [5, 5.41) is 9.43. The van der Waals surface area contributed by atoms with E-state index in [4.69, 9.17) is 9.47 Å². The van der Waals surface area contributed by atoms with Crippen molar-refractivity contribution in [3.63, 3.8) is 0 Å². The first-order valence-corrected chi connectivity index (χ1v) is 10.9. The van der Waals surface area contributed by atoms with Gasteiger partial charge in [0.1, 0.15) is 30.0 Å². The van der Waals surface area contributed by atoms with E-state index in [-0.39, 0.29) is 5.70 Å². The lowest BCUT2D eigenvalue weighted by molar-refractivity contribution is -0.154. The molecule has 0 saturated heterocycles. The molecule has 0 aliphatic heterocycles. The Kier molecular flexibility index (Phi) is 10.9. The van der Waals surface area contributed by atoms with Crippen LogP contribution in [-0.4, -0.2) is 60.6 Å². The van der Waals surface area contributed by atoms with Crippen LogP contribution < -0.4 is 21.3 Å². The van der Waals surface area contributed by atoms with Crippen molar-refractivity contribution in [1.29, 1.82) is 0 Å². The highest BCUT2D eigenvalue weighted by atomic mass is 16.6. The number of benzene rings is 1. The first-order valence-electron chi connectivity index (χ1n) is 10.9. The summed E-state index contributed by atoms with van der Waals surface area (Å²) in [6, 6.07) is 8.73. The van der Waals surface area contributed by atoms with Crippen LogP contribution in [0.2, 0.25) is 0 Å². The fraction of sp³-hybridized carbons (Fsp3) is 0.458. The van der Waals surface area contributed by atoms with Gasteiger partial charge in [0.05, 0.1) is 6.54 Å². The first-order chi connectivity index (χ1) is 16.1. The monoisotopic (exact) mass is 490 g/mol. The molecule has 11 nitrogen and oxygen atoms in total. The van der Waals surface area contributed by atoms with Gasteiger partial charge in [-0.3, -0.25) is 19.2 Å². The number of carbonyl (C=O) groups is 5. The molecule has 0 aromatic heterocycles. The minimum Gasteiger partial charge on any atom is -0.459 e. The van der Waals surface area contributed by atoms with E-state index in [0.29, 0.717) is 5.56 Å². The maximum atomic E-state index is 12.6. The molecule has 35 heavy (non-hydrogen) atoms. The van der Waals surface area contributed by atoms with E-state index in [1.807, 2.05) is 0 Å². The van der Waals surface area contributed by atoms with Gasteiger partial charge in [-0.2, -0.15) is 0 Å². The topological polar surface area (TPSA) is 152 Å². The van der Waals surface area contributed by atoms with E-state index in [9.17, 15) is 24.0 Å². The Morgan fingerprint density at radius 3 is 1.89 bits per heavy atom. The van der Waals surface area contributed by atoms with Gasteiger partial charge in [-0.1, -0.05) is 30.3 Å². The summed E-state index contributed by atoms with van der Waals surface area (Å²) in [5.41, 5.74) is -0.937. The zero-order chi connectivity index (χ0) is 26.6. The van der Waals surface area contributed by atoms with Gasteiger partial charge in [0.15, 0.2) is 0 Å². The molecule has 1 rings (SSSR count). The predicted octanol–water partition coefficient (Wildman–Crippen LogP) is 1.24. The SMILES string of the molecule is CC(C)(C)OC(=O)CNC(=O)/C(=C/c1ccccc1)NC(=O)CNC(=O)CNC(=O)OC(C)(C)C. The van der Waals surface area contributed by atoms with Crippen molar-refractivity contribution < 1.29 is 33.4 Å². The van der Waals surface area contributed by atoms with E-state index in [1.54, 1.807) is 71.9 Å². The van der Waals surface area contributed by atoms with Crippen molar-refractivity contribution >= 4 is 35.9 Å². The van der Waals surface area contributed by atoms with Gasteiger partial charge in [-0.05, 0) is 53.2 Å². The fourth-order valence-corrected chi connectivity index (χ4v) is 2.40. The highest BCUT2D eigenvalue weighted by molar-refractivity contribution is 6.02. The van der Waals surface area contributed by atoms with Gasteiger partial charge in [-0.15, -0.1) is 0 Å². The number of ether oxygens (including phenoxy) is 2. The summed E-state index contributed by atoms with van der Waals surface area (Å²) in [5.74, 6) is -2.67. The number of rotatable bonds is 9. The van der Waals surface area contributed by atoms with Gasteiger partial charge in [-0.25, -0.2) is 4.79 Å². The van der Waals surface area contributed by atoms with Crippen molar-refractivity contribution in [3.05, 3.63) is 41.6 Å². The Balaban J connectivity index is 2.69. The third-order valence-electron chi connectivity index (χ3n) is 3.68. The van der Waals surface area contributed by atoms with Crippen LogP contribution in [0.4, 0.5) is 4.79 Å². The van der Waals surface area contributed by atoms with Gasteiger partial charge in [0.2, 0.25) is 11.8 Å². The average Bonchev–Trinajstić information content (AvgIpc) is 2.72. The van der Waals surface area contributed by atoms with E-state index < -0.39 is 60.6 Å². The summed E-state index contributed by atoms with van der Waals surface area (Å²) in [6.07, 6.45) is 0.653. The van der Waals surface area contributed by atoms with Crippen LogP contribution in [0.3, 0.4) is 0 Å². The molecule has 0 fully saturated rings. The van der Waals surface area contributed by atoms with Crippen molar-refractivity contribution in [2.75, 3.05) is 19.6 Å². The third kappa shape index (κ3) is 14.1. The minimum atomic E-state index is -0.771. The van der Waals surface area contributed by atoms with Crippen LogP contribution in [0.5, 0.6) is 0 Å². The quantitative estimate of drug-likeness (QED) is 0.300. The van der Waals surface area contributed by atoms with Gasteiger partial charge < -0.3 is 30.7 Å². The number of hydrogen-bond donors (Lipinski definition) is 4. The molecule has 1 aromatic carbocycles. The van der Waals surface area contributed by atoms with Crippen LogP contribution >= 0.6 is 0 Å². The molecule has 0 spiro atoms. The number of alkyl carbamates (subject to hydrolysis) is 1. The van der Waals surface area contributed by atoms with Crippen molar-refractivity contribution in [2.45, 2.75) is 52.7 Å². The maximum Gasteiger partial charge on any atom is 0.408 e. The molecular weight excluding hydrogens is 456 g/mol. The number of amides is 4. The van der Waals surface area contributed by atoms with Crippen molar-refractivity contribution in [2.24, 2.45) is 0 Å². The zero-order valence-corrected chi connectivity index (χ0v) is 20.9. The number of hydrogen-bond acceptors (Lipinski definition) is 7. The van der Waals surface area contributed by atoms with E-state index >= 15 is 0 Å². The van der Waals surface area contributed by atoms with Crippen LogP contribution in [0.15, 0.2) is 36.0 Å². The van der Waals surface area contributed by atoms with Crippen LogP contribution in [0, 0.1) is 0 Å². The van der Waals surface area contributed by atoms with Crippen LogP contribution in [0.25, 0.3) is 6.08 Å². The molecular formula is C24H34N4O7. The third-order valence-corrected chi connectivity index (χ3v) is 3.68.